The summed E-state index contributed by atoms with van der Waals surface area (Å²) in [5.41, 5.74) is 3.55. The molecule has 3 N–H and O–H groups in total. The van der Waals surface area contributed by atoms with E-state index in [2.05, 4.69) is 15.3 Å². The lowest BCUT2D eigenvalue weighted by Gasteiger charge is -2.31. The van der Waals surface area contributed by atoms with Gasteiger partial charge in [0.2, 0.25) is 0 Å². The van der Waals surface area contributed by atoms with Crippen LogP contribution in [-0.2, 0) is 10.3 Å². The molecule has 0 radical (unpaired) electrons. The zero-order valence-corrected chi connectivity index (χ0v) is 15.9. The number of nitrogens with zero attached hydrogens (tertiary/aromatic N) is 2. The first-order chi connectivity index (χ1) is 13.8. The van der Waals surface area contributed by atoms with Gasteiger partial charge in [-0.15, -0.1) is 0 Å². The number of amides is 1. The second-order valence-corrected chi connectivity index (χ2v) is 7.55. The summed E-state index contributed by atoms with van der Waals surface area (Å²) in [7, 11) is 0. The number of anilines is 1. The molecule has 1 aromatic carbocycles. The van der Waals surface area contributed by atoms with Crippen LogP contribution in [0.5, 0.6) is 0 Å². The minimum atomic E-state index is -1.73. The molecule has 152 valence electrons. The maximum absolute atomic E-state index is 14.7. The Morgan fingerprint density at radius 1 is 1.38 bits per heavy atom. The topological polar surface area (TPSA) is 89.6 Å². The van der Waals surface area contributed by atoms with Crippen LogP contribution in [0.1, 0.15) is 23.0 Å². The first kappa shape index (κ1) is 19.5. The van der Waals surface area contributed by atoms with Crippen molar-refractivity contribution in [1.82, 2.24) is 4.98 Å². The predicted molar refractivity (Wildman–Crippen MR) is 100 cm³/mol. The largest absolute Gasteiger partial charge is 0.461 e. The van der Waals surface area contributed by atoms with Gasteiger partial charge in [-0.1, -0.05) is 18.5 Å². The SMILES string of the molecule is C[C@@H]1[C@@H]2OC(N)=N[C@@](CF)(c3cc(NC(=O)c4ccc(Cl)cn4)cc(F)c3F)[C@H]12. The number of ether oxygens (including phenoxy) is 1. The molecule has 0 unspecified atom stereocenters. The van der Waals surface area contributed by atoms with Crippen LogP contribution < -0.4 is 11.1 Å². The summed E-state index contributed by atoms with van der Waals surface area (Å²) in [5.74, 6) is -3.81. The Bertz CT molecular complexity index is 1020. The van der Waals surface area contributed by atoms with Crippen LogP contribution in [-0.4, -0.2) is 29.7 Å². The molecule has 1 aliphatic heterocycles. The zero-order chi connectivity index (χ0) is 20.9. The molecular weight excluding hydrogens is 409 g/mol. The van der Waals surface area contributed by atoms with E-state index in [1.807, 2.05) is 0 Å². The number of pyridine rings is 1. The number of amidine groups is 1. The van der Waals surface area contributed by atoms with Crippen molar-refractivity contribution in [3.05, 3.63) is 58.4 Å². The number of halogens is 4. The quantitative estimate of drug-likeness (QED) is 0.787. The monoisotopic (exact) mass is 424 g/mol. The van der Waals surface area contributed by atoms with Crippen molar-refractivity contribution in [1.29, 1.82) is 0 Å². The molecule has 1 fully saturated rings. The number of hydrogen-bond donors (Lipinski definition) is 2. The van der Waals surface area contributed by atoms with Gasteiger partial charge >= 0.3 is 0 Å². The number of nitrogens with two attached hydrogens (primary N) is 1. The fraction of sp³-hybridized carbons (Fsp3) is 0.316. The van der Waals surface area contributed by atoms with Crippen LogP contribution in [0, 0.1) is 23.5 Å². The van der Waals surface area contributed by atoms with Crippen LogP contribution >= 0.6 is 11.6 Å². The number of rotatable bonds is 4. The van der Waals surface area contributed by atoms with Gasteiger partial charge in [-0.3, -0.25) is 4.79 Å². The molecule has 4 atom stereocenters. The number of benzene rings is 1. The zero-order valence-electron chi connectivity index (χ0n) is 15.1. The molecule has 4 rings (SSSR count). The fourth-order valence-corrected chi connectivity index (χ4v) is 3.97. The molecule has 1 aromatic heterocycles. The van der Waals surface area contributed by atoms with E-state index in [1.165, 1.54) is 18.3 Å². The van der Waals surface area contributed by atoms with E-state index >= 15 is 0 Å². The minimum absolute atomic E-state index is 0.0186. The van der Waals surface area contributed by atoms with Gasteiger partial charge in [-0.2, -0.15) is 0 Å². The summed E-state index contributed by atoms with van der Waals surface area (Å²) >= 11 is 5.74. The highest BCUT2D eigenvalue weighted by atomic mass is 35.5. The van der Waals surface area contributed by atoms with E-state index in [4.69, 9.17) is 22.1 Å². The molecule has 1 aliphatic carbocycles. The summed E-state index contributed by atoms with van der Waals surface area (Å²) in [6.07, 6.45) is 0.849. The van der Waals surface area contributed by atoms with Crippen molar-refractivity contribution in [2.75, 3.05) is 12.0 Å². The van der Waals surface area contributed by atoms with Gasteiger partial charge in [-0.05, 0) is 18.2 Å². The van der Waals surface area contributed by atoms with Crippen molar-refractivity contribution < 1.29 is 22.7 Å². The van der Waals surface area contributed by atoms with E-state index in [0.717, 1.165) is 12.1 Å². The van der Waals surface area contributed by atoms with Gasteiger partial charge in [0.1, 0.15) is 24.0 Å². The standard InChI is InChI=1S/C19H16ClF3N4O2/c1-8-14-16(8)29-18(24)27-19(14,7-21)11-4-10(5-12(22)15(11)23)26-17(28)13-3-2-9(20)6-25-13/h2-6,8,14,16H,7H2,1H3,(H2,24,27)(H,26,28)/t8-,14+,16-,19-/m0/s1. The molecule has 0 spiro atoms. The second kappa shape index (κ2) is 6.91. The van der Waals surface area contributed by atoms with E-state index in [-0.39, 0.29) is 28.9 Å². The molecule has 1 saturated carbocycles. The number of fused-ring (bicyclic) bond motifs is 1. The Hall–Kier alpha value is -2.81. The summed E-state index contributed by atoms with van der Waals surface area (Å²) in [4.78, 5) is 20.2. The average Bonchev–Trinajstić information content (AvgIpc) is 3.34. The summed E-state index contributed by atoms with van der Waals surface area (Å²) < 4.78 is 48.6. The first-order valence-corrected chi connectivity index (χ1v) is 9.15. The van der Waals surface area contributed by atoms with Gasteiger partial charge < -0.3 is 15.8 Å². The molecular formula is C19H16ClF3N4O2. The Labute approximate surface area is 168 Å². The van der Waals surface area contributed by atoms with Crippen molar-refractivity contribution in [2.24, 2.45) is 22.6 Å². The van der Waals surface area contributed by atoms with Crippen molar-refractivity contribution >= 4 is 29.2 Å². The molecule has 0 saturated heterocycles. The van der Waals surface area contributed by atoms with Crippen molar-refractivity contribution in [3.63, 3.8) is 0 Å². The van der Waals surface area contributed by atoms with Crippen LogP contribution in [0.4, 0.5) is 18.9 Å². The molecule has 0 bridgehead atoms. The fourth-order valence-electron chi connectivity index (χ4n) is 3.86. The molecule has 6 nitrogen and oxygen atoms in total. The number of carbonyl (C=O) groups is 1. The number of aliphatic imine (C=N–C) groups is 1. The number of hydrogen-bond acceptors (Lipinski definition) is 5. The van der Waals surface area contributed by atoms with Gasteiger partial charge in [-0.25, -0.2) is 23.1 Å². The minimum Gasteiger partial charge on any atom is -0.461 e. The van der Waals surface area contributed by atoms with E-state index in [9.17, 15) is 18.0 Å². The van der Waals surface area contributed by atoms with Gasteiger partial charge in [0, 0.05) is 35.3 Å². The van der Waals surface area contributed by atoms with E-state index in [0.29, 0.717) is 5.02 Å². The molecule has 2 heterocycles. The molecule has 1 amide bonds. The maximum Gasteiger partial charge on any atom is 0.283 e. The summed E-state index contributed by atoms with van der Waals surface area (Å²) in [6.45, 7) is 0.690. The Morgan fingerprint density at radius 3 is 2.79 bits per heavy atom. The third-order valence-electron chi connectivity index (χ3n) is 5.33. The average molecular weight is 425 g/mol. The Balaban J connectivity index is 1.73. The molecule has 10 heteroatoms. The third-order valence-corrected chi connectivity index (χ3v) is 5.56. The number of nitrogens with one attached hydrogen (secondary N) is 1. The lowest BCUT2D eigenvalue weighted by molar-refractivity contribution is 0.102. The molecule has 2 aromatic rings. The van der Waals surface area contributed by atoms with Gasteiger partial charge in [0.05, 0.1) is 5.02 Å². The highest BCUT2D eigenvalue weighted by Crippen LogP contribution is 2.57. The lowest BCUT2D eigenvalue weighted by atomic mass is 9.84. The predicted octanol–water partition coefficient (Wildman–Crippen LogP) is 3.41. The Morgan fingerprint density at radius 2 is 2.14 bits per heavy atom. The third kappa shape index (κ3) is 3.19. The number of alkyl halides is 1. The highest BCUT2D eigenvalue weighted by Gasteiger charge is 2.65. The van der Waals surface area contributed by atoms with E-state index < -0.39 is 41.8 Å². The van der Waals surface area contributed by atoms with Crippen LogP contribution in [0.3, 0.4) is 0 Å². The number of carbonyl (C=O) groups excluding carboxylic acids is 1. The van der Waals surface area contributed by atoms with Crippen LogP contribution in [0.2, 0.25) is 5.02 Å². The van der Waals surface area contributed by atoms with Gasteiger partial charge in [0.15, 0.2) is 11.6 Å². The van der Waals surface area contributed by atoms with E-state index in [1.54, 1.807) is 6.92 Å². The second-order valence-electron chi connectivity index (χ2n) is 7.11. The van der Waals surface area contributed by atoms with Gasteiger partial charge in [0.25, 0.3) is 11.9 Å². The lowest BCUT2D eigenvalue weighted by Crippen LogP contribution is -2.40. The van der Waals surface area contributed by atoms with Crippen LogP contribution in [0.15, 0.2) is 35.5 Å². The number of aromatic nitrogens is 1. The molecule has 2 aliphatic rings. The first-order valence-electron chi connectivity index (χ1n) is 8.77. The van der Waals surface area contributed by atoms with Crippen molar-refractivity contribution in [2.45, 2.75) is 18.6 Å². The van der Waals surface area contributed by atoms with Crippen LogP contribution in [0.25, 0.3) is 0 Å². The summed E-state index contributed by atoms with van der Waals surface area (Å²) in [6, 6.07) is 4.52. The normalized spacial score (nSPS) is 27.5. The highest BCUT2D eigenvalue weighted by molar-refractivity contribution is 6.30. The van der Waals surface area contributed by atoms with Crippen molar-refractivity contribution in [3.8, 4) is 0 Å². The smallest absolute Gasteiger partial charge is 0.283 e. The maximum atomic E-state index is 14.7. The molecule has 29 heavy (non-hydrogen) atoms. The Kier molecular flexibility index (Phi) is 4.65. The summed E-state index contributed by atoms with van der Waals surface area (Å²) in [5, 5.41) is 2.77.